The molecule has 3 aromatic rings. The van der Waals surface area contributed by atoms with Crippen molar-refractivity contribution in [2.75, 3.05) is 6.61 Å². The fraction of sp³-hybridized carbons (Fsp3) is 0.278. The second kappa shape index (κ2) is 5.97. The van der Waals surface area contributed by atoms with E-state index in [-0.39, 0.29) is 5.63 Å². The summed E-state index contributed by atoms with van der Waals surface area (Å²) in [7, 11) is 0. The summed E-state index contributed by atoms with van der Waals surface area (Å²) in [6.45, 7) is 6.88. The van der Waals surface area contributed by atoms with Crippen LogP contribution < -0.4 is 10.4 Å². The lowest BCUT2D eigenvalue weighted by atomic mass is 10.0. The van der Waals surface area contributed by atoms with Crippen LogP contribution in [0.3, 0.4) is 0 Å². The number of aryl methyl sites for hydroxylation is 1. The smallest absolute Gasteiger partial charge is 0.336 e. The highest BCUT2D eigenvalue weighted by Crippen LogP contribution is 2.35. The maximum Gasteiger partial charge on any atom is 0.336 e. The third-order valence-corrected chi connectivity index (χ3v) is 4.78. The van der Waals surface area contributed by atoms with E-state index in [1.807, 2.05) is 12.1 Å². The minimum atomic E-state index is -0.335. The molecule has 0 bridgehead atoms. The summed E-state index contributed by atoms with van der Waals surface area (Å²) < 4.78 is 11.0. The molecule has 0 fully saturated rings. The van der Waals surface area contributed by atoms with Gasteiger partial charge < -0.3 is 9.15 Å². The number of rotatable bonds is 4. The zero-order chi connectivity index (χ0) is 15.7. The van der Waals surface area contributed by atoms with Gasteiger partial charge in [0.05, 0.1) is 6.61 Å². The predicted octanol–water partition coefficient (Wildman–Crippen LogP) is 4.93. The van der Waals surface area contributed by atoms with E-state index in [4.69, 9.17) is 9.15 Å². The van der Waals surface area contributed by atoms with E-state index in [0.717, 1.165) is 28.7 Å². The second-order valence-electron chi connectivity index (χ2n) is 5.32. The first kappa shape index (κ1) is 14.9. The van der Waals surface area contributed by atoms with Crippen LogP contribution in [-0.4, -0.2) is 6.61 Å². The van der Waals surface area contributed by atoms with E-state index in [0.29, 0.717) is 12.2 Å². The number of benzene rings is 1. The molecule has 1 aromatic carbocycles. The first-order valence-electron chi connectivity index (χ1n) is 7.36. The standard InChI is InChI=1S/C18H18O3S/c1-4-7-20-13-5-6-14-15(9-18(19)21-17(14)8-13)16-10-22-12(3)11(16)2/h5-6,8-10H,4,7H2,1-3H3. The van der Waals surface area contributed by atoms with Crippen LogP contribution in [0.15, 0.2) is 38.9 Å². The van der Waals surface area contributed by atoms with E-state index in [9.17, 15) is 4.79 Å². The second-order valence-corrected chi connectivity index (χ2v) is 6.40. The quantitative estimate of drug-likeness (QED) is 0.641. The third kappa shape index (κ3) is 2.66. The summed E-state index contributed by atoms with van der Waals surface area (Å²) in [5, 5.41) is 3.03. The molecule has 4 heteroatoms. The van der Waals surface area contributed by atoms with Gasteiger partial charge in [-0.15, -0.1) is 11.3 Å². The normalized spacial score (nSPS) is 11.0. The molecule has 114 valence electrons. The van der Waals surface area contributed by atoms with Crippen molar-refractivity contribution < 1.29 is 9.15 Å². The number of hydrogen-bond acceptors (Lipinski definition) is 4. The molecule has 0 aliphatic carbocycles. The van der Waals surface area contributed by atoms with Gasteiger partial charge in [-0.05, 0) is 48.9 Å². The molecule has 2 heterocycles. The van der Waals surface area contributed by atoms with Crippen LogP contribution in [0.25, 0.3) is 22.1 Å². The van der Waals surface area contributed by atoms with Crippen molar-refractivity contribution >= 4 is 22.3 Å². The Balaban J connectivity index is 2.19. The number of ether oxygens (including phenoxy) is 1. The van der Waals surface area contributed by atoms with Crippen LogP contribution >= 0.6 is 11.3 Å². The van der Waals surface area contributed by atoms with Gasteiger partial charge in [0.15, 0.2) is 0 Å². The van der Waals surface area contributed by atoms with Crippen molar-refractivity contribution in [1.82, 2.24) is 0 Å². The zero-order valence-electron chi connectivity index (χ0n) is 12.9. The SMILES string of the molecule is CCCOc1ccc2c(-c3csc(C)c3C)cc(=O)oc2c1. The Hall–Kier alpha value is -2.07. The van der Waals surface area contributed by atoms with Crippen LogP contribution in [0.5, 0.6) is 5.75 Å². The molecule has 0 atom stereocenters. The largest absolute Gasteiger partial charge is 0.493 e. The molecule has 3 rings (SSSR count). The first-order chi connectivity index (χ1) is 10.6. The molecule has 0 unspecified atom stereocenters. The van der Waals surface area contributed by atoms with Crippen LogP contribution in [0.4, 0.5) is 0 Å². The summed E-state index contributed by atoms with van der Waals surface area (Å²) in [5.74, 6) is 0.730. The Morgan fingerprint density at radius 1 is 1.18 bits per heavy atom. The van der Waals surface area contributed by atoms with Crippen LogP contribution in [0.2, 0.25) is 0 Å². The van der Waals surface area contributed by atoms with Gasteiger partial charge in [0.2, 0.25) is 0 Å². The van der Waals surface area contributed by atoms with Gasteiger partial charge in [-0.25, -0.2) is 4.79 Å². The van der Waals surface area contributed by atoms with Gasteiger partial charge in [-0.3, -0.25) is 0 Å². The summed E-state index contributed by atoms with van der Waals surface area (Å²) in [6.07, 6.45) is 0.940. The van der Waals surface area contributed by atoms with E-state index in [1.54, 1.807) is 23.5 Å². The van der Waals surface area contributed by atoms with Gasteiger partial charge in [0.25, 0.3) is 0 Å². The van der Waals surface area contributed by atoms with E-state index < -0.39 is 0 Å². The maximum atomic E-state index is 11.9. The van der Waals surface area contributed by atoms with Crippen molar-refractivity contribution in [3.8, 4) is 16.9 Å². The minimum absolute atomic E-state index is 0.335. The van der Waals surface area contributed by atoms with Gasteiger partial charge in [-0.2, -0.15) is 0 Å². The average Bonchev–Trinajstić information content (AvgIpc) is 2.83. The van der Waals surface area contributed by atoms with Crippen molar-refractivity contribution in [2.45, 2.75) is 27.2 Å². The maximum absolute atomic E-state index is 11.9. The Morgan fingerprint density at radius 3 is 2.68 bits per heavy atom. The lowest BCUT2D eigenvalue weighted by molar-refractivity contribution is 0.317. The molecular weight excluding hydrogens is 296 g/mol. The highest BCUT2D eigenvalue weighted by molar-refractivity contribution is 7.10. The monoisotopic (exact) mass is 314 g/mol. The highest BCUT2D eigenvalue weighted by Gasteiger charge is 2.13. The molecule has 3 nitrogen and oxygen atoms in total. The van der Waals surface area contributed by atoms with Gasteiger partial charge >= 0.3 is 5.63 Å². The molecule has 22 heavy (non-hydrogen) atoms. The first-order valence-corrected chi connectivity index (χ1v) is 8.24. The highest BCUT2D eigenvalue weighted by atomic mass is 32.1. The van der Waals surface area contributed by atoms with Crippen LogP contribution in [-0.2, 0) is 0 Å². The molecule has 2 aromatic heterocycles. The van der Waals surface area contributed by atoms with Crippen LogP contribution in [0.1, 0.15) is 23.8 Å². The van der Waals surface area contributed by atoms with E-state index >= 15 is 0 Å². The summed E-state index contributed by atoms with van der Waals surface area (Å²) >= 11 is 1.70. The number of thiophene rings is 1. The summed E-state index contributed by atoms with van der Waals surface area (Å²) in [4.78, 5) is 13.2. The van der Waals surface area contributed by atoms with Crippen molar-refractivity contribution in [2.24, 2.45) is 0 Å². The average molecular weight is 314 g/mol. The lowest BCUT2D eigenvalue weighted by Gasteiger charge is -2.08. The van der Waals surface area contributed by atoms with Gasteiger partial charge in [0, 0.05) is 28.0 Å². The molecule has 0 N–H and O–H groups in total. The fourth-order valence-corrected chi connectivity index (χ4v) is 3.34. The van der Waals surface area contributed by atoms with Crippen molar-refractivity contribution in [3.63, 3.8) is 0 Å². The summed E-state index contributed by atoms with van der Waals surface area (Å²) in [6, 6.07) is 7.26. The lowest BCUT2D eigenvalue weighted by Crippen LogP contribution is -1.99. The van der Waals surface area contributed by atoms with Crippen molar-refractivity contribution in [3.05, 3.63) is 50.5 Å². The fourth-order valence-electron chi connectivity index (χ4n) is 2.45. The Labute approximate surface area is 133 Å². The van der Waals surface area contributed by atoms with Gasteiger partial charge in [-0.1, -0.05) is 6.92 Å². The number of fused-ring (bicyclic) bond motifs is 1. The van der Waals surface area contributed by atoms with Gasteiger partial charge in [0.1, 0.15) is 11.3 Å². The molecule has 0 amide bonds. The molecule has 0 saturated heterocycles. The Kier molecular flexibility index (Phi) is 4.03. The zero-order valence-corrected chi connectivity index (χ0v) is 13.8. The minimum Gasteiger partial charge on any atom is -0.493 e. The van der Waals surface area contributed by atoms with E-state index in [2.05, 4.69) is 26.2 Å². The van der Waals surface area contributed by atoms with E-state index in [1.165, 1.54) is 10.4 Å². The topological polar surface area (TPSA) is 39.4 Å². The Morgan fingerprint density at radius 2 is 2.00 bits per heavy atom. The molecule has 0 aliphatic rings. The van der Waals surface area contributed by atoms with Crippen molar-refractivity contribution in [1.29, 1.82) is 0 Å². The number of hydrogen-bond donors (Lipinski definition) is 0. The molecule has 0 aliphatic heterocycles. The Bertz CT molecular complexity index is 874. The predicted molar refractivity (Wildman–Crippen MR) is 91.1 cm³/mol. The molecule has 0 spiro atoms. The molecular formula is C18H18O3S. The summed E-state index contributed by atoms with van der Waals surface area (Å²) in [5.41, 5.74) is 3.47. The van der Waals surface area contributed by atoms with Crippen LogP contribution in [0, 0.1) is 13.8 Å². The third-order valence-electron chi connectivity index (χ3n) is 3.76. The molecule has 0 saturated carbocycles. The molecule has 0 radical (unpaired) electrons.